The number of piperazine rings is 1. The van der Waals surface area contributed by atoms with Crippen molar-refractivity contribution in [2.45, 2.75) is 18.9 Å². The smallest absolute Gasteiger partial charge is 0.319 e. The molecule has 0 atom stereocenters. The first-order valence-electron chi connectivity index (χ1n) is 6.90. The SMILES string of the molecule is O=C(c1ccnc(Cl)c1[N+](=O)[O-])N1CCN(C2CC2)CC1. The number of amides is 1. The number of hydrogen-bond acceptors (Lipinski definition) is 5. The number of rotatable bonds is 3. The lowest BCUT2D eigenvalue weighted by molar-refractivity contribution is -0.385. The molecule has 1 aliphatic heterocycles. The highest BCUT2D eigenvalue weighted by atomic mass is 35.5. The minimum Gasteiger partial charge on any atom is -0.336 e. The van der Waals surface area contributed by atoms with Gasteiger partial charge < -0.3 is 4.90 Å². The van der Waals surface area contributed by atoms with Gasteiger partial charge in [0.2, 0.25) is 5.15 Å². The summed E-state index contributed by atoms with van der Waals surface area (Å²) in [6.07, 6.45) is 3.79. The van der Waals surface area contributed by atoms with Crippen LogP contribution in [0.25, 0.3) is 0 Å². The van der Waals surface area contributed by atoms with Gasteiger partial charge in [-0.05, 0) is 18.9 Å². The molecule has 1 aromatic heterocycles. The molecule has 1 amide bonds. The summed E-state index contributed by atoms with van der Waals surface area (Å²) in [4.78, 5) is 30.6. The maximum atomic E-state index is 12.5. The van der Waals surface area contributed by atoms with Crippen molar-refractivity contribution in [2.24, 2.45) is 0 Å². The summed E-state index contributed by atoms with van der Waals surface area (Å²) in [7, 11) is 0. The van der Waals surface area contributed by atoms with Crippen LogP contribution in [-0.4, -0.2) is 57.8 Å². The lowest BCUT2D eigenvalue weighted by Crippen LogP contribution is -2.49. The first-order chi connectivity index (χ1) is 10.1. The average molecular weight is 311 g/mol. The molecule has 0 bridgehead atoms. The molecule has 8 heteroatoms. The molecule has 1 aromatic rings. The van der Waals surface area contributed by atoms with Crippen LogP contribution in [0.2, 0.25) is 5.15 Å². The third kappa shape index (κ3) is 2.84. The first-order valence-corrected chi connectivity index (χ1v) is 7.28. The molecule has 21 heavy (non-hydrogen) atoms. The molecular weight excluding hydrogens is 296 g/mol. The number of pyridine rings is 1. The molecule has 2 aliphatic rings. The second-order valence-corrected chi connectivity index (χ2v) is 5.67. The highest BCUT2D eigenvalue weighted by molar-refractivity contribution is 6.32. The third-order valence-electron chi connectivity index (χ3n) is 3.96. The van der Waals surface area contributed by atoms with Crippen molar-refractivity contribution in [2.75, 3.05) is 26.2 Å². The van der Waals surface area contributed by atoms with Gasteiger partial charge in [0.1, 0.15) is 5.56 Å². The van der Waals surface area contributed by atoms with Gasteiger partial charge in [-0.3, -0.25) is 19.8 Å². The zero-order valence-electron chi connectivity index (χ0n) is 11.4. The maximum Gasteiger partial charge on any atom is 0.319 e. The van der Waals surface area contributed by atoms with Gasteiger partial charge in [-0.15, -0.1) is 0 Å². The molecule has 0 radical (unpaired) electrons. The quantitative estimate of drug-likeness (QED) is 0.481. The van der Waals surface area contributed by atoms with E-state index in [9.17, 15) is 14.9 Å². The Labute approximate surface area is 126 Å². The fraction of sp³-hybridized carbons (Fsp3) is 0.538. The fourth-order valence-corrected chi connectivity index (χ4v) is 2.90. The monoisotopic (exact) mass is 310 g/mol. The molecule has 2 fully saturated rings. The molecular formula is C13H15ClN4O3. The van der Waals surface area contributed by atoms with Gasteiger partial charge in [0.05, 0.1) is 4.92 Å². The van der Waals surface area contributed by atoms with Crippen LogP contribution in [-0.2, 0) is 0 Å². The molecule has 0 unspecified atom stereocenters. The van der Waals surface area contributed by atoms with Crippen molar-refractivity contribution < 1.29 is 9.72 Å². The first kappa shape index (κ1) is 14.2. The number of carbonyl (C=O) groups is 1. The second-order valence-electron chi connectivity index (χ2n) is 5.31. The molecule has 0 N–H and O–H groups in total. The van der Waals surface area contributed by atoms with Crippen LogP contribution in [0, 0.1) is 10.1 Å². The molecule has 112 valence electrons. The minimum absolute atomic E-state index is 0.0138. The van der Waals surface area contributed by atoms with E-state index in [1.54, 1.807) is 4.90 Å². The number of nitrogens with zero attached hydrogens (tertiary/aromatic N) is 4. The van der Waals surface area contributed by atoms with E-state index < -0.39 is 10.6 Å². The normalized spacial score (nSPS) is 19.6. The largest absolute Gasteiger partial charge is 0.336 e. The van der Waals surface area contributed by atoms with Crippen molar-refractivity contribution in [1.29, 1.82) is 0 Å². The Balaban J connectivity index is 1.76. The highest BCUT2D eigenvalue weighted by Crippen LogP contribution is 2.29. The standard InChI is InChI=1S/C13H15ClN4O3/c14-12-11(18(20)21)10(3-4-15-12)13(19)17-7-5-16(6-8-17)9-1-2-9/h3-4,9H,1-2,5-8H2. The van der Waals surface area contributed by atoms with Gasteiger partial charge >= 0.3 is 5.69 Å². The molecule has 1 saturated carbocycles. The third-order valence-corrected chi connectivity index (χ3v) is 4.23. The van der Waals surface area contributed by atoms with Gasteiger partial charge in [0.15, 0.2) is 0 Å². The molecule has 1 saturated heterocycles. The van der Waals surface area contributed by atoms with Crippen LogP contribution in [0.5, 0.6) is 0 Å². The zero-order chi connectivity index (χ0) is 15.0. The Morgan fingerprint density at radius 3 is 2.57 bits per heavy atom. The number of aromatic nitrogens is 1. The number of hydrogen-bond donors (Lipinski definition) is 0. The Kier molecular flexibility index (Phi) is 3.77. The minimum atomic E-state index is -0.650. The van der Waals surface area contributed by atoms with Crippen LogP contribution in [0.1, 0.15) is 23.2 Å². The predicted molar refractivity (Wildman–Crippen MR) is 76.4 cm³/mol. The van der Waals surface area contributed by atoms with E-state index in [-0.39, 0.29) is 16.6 Å². The Bertz CT molecular complexity index is 583. The Morgan fingerprint density at radius 2 is 2.00 bits per heavy atom. The number of halogens is 1. The summed E-state index contributed by atoms with van der Waals surface area (Å²) in [5.74, 6) is -0.346. The van der Waals surface area contributed by atoms with Gasteiger partial charge in [-0.25, -0.2) is 4.98 Å². The molecule has 2 heterocycles. The summed E-state index contributed by atoms with van der Waals surface area (Å²) < 4.78 is 0. The van der Waals surface area contributed by atoms with Crippen LogP contribution >= 0.6 is 11.6 Å². The summed E-state index contributed by atoms with van der Waals surface area (Å²) >= 11 is 5.75. The second kappa shape index (κ2) is 5.57. The predicted octanol–water partition coefficient (Wildman–Crippen LogP) is 1.56. The van der Waals surface area contributed by atoms with E-state index in [0.29, 0.717) is 19.1 Å². The van der Waals surface area contributed by atoms with E-state index in [1.165, 1.54) is 25.1 Å². The van der Waals surface area contributed by atoms with Crippen LogP contribution in [0.4, 0.5) is 5.69 Å². The van der Waals surface area contributed by atoms with Gasteiger partial charge in [0.25, 0.3) is 5.91 Å². The van der Waals surface area contributed by atoms with Crippen LogP contribution in [0.3, 0.4) is 0 Å². The summed E-state index contributed by atoms with van der Waals surface area (Å²) in [5, 5.41) is 10.8. The van der Waals surface area contributed by atoms with E-state index >= 15 is 0 Å². The highest BCUT2D eigenvalue weighted by Gasteiger charge is 2.34. The molecule has 0 aromatic carbocycles. The van der Waals surface area contributed by atoms with Crippen molar-refractivity contribution in [1.82, 2.24) is 14.8 Å². The maximum absolute atomic E-state index is 12.5. The van der Waals surface area contributed by atoms with E-state index in [1.807, 2.05) is 0 Å². The van der Waals surface area contributed by atoms with E-state index in [4.69, 9.17) is 11.6 Å². The number of carbonyl (C=O) groups excluding carboxylic acids is 1. The lowest BCUT2D eigenvalue weighted by Gasteiger charge is -2.34. The van der Waals surface area contributed by atoms with Crippen molar-refractivity contribution >= 4 is 23.2 Å². The van der Waals surface area contributed by atoms with Crippen molar-refractivity contribution in [3.63, 3.8) is 0 Å². The molecule has 0 spiro atoms. The molecule has 1 aliphatic carbocycles. The summed E-state index contributed by atoms with van der Waals surface area (Å²) in [5.41, 5.74) is -0.395. The van der Waals surface area contributed by atoms with Gasteiger partial charge in [-0.1, -0.05) is 11.6 Å². The molecule has 3 rings (SSSR count). The zero-order valence-corrected chi connectivity index (χ0v) is 12.1. The Hall–Kier alpha value is -1.73. The fourth-order valence-electron chi connectivity index (χ4n) is 2.67. The lowest BCUT2D eigenvalue weighted by atomic mass is 10.2. The van der Waals surface area contributed by atoms with E-state index in [2.05, 4.69) is 9.88 Å². The van der Waals surface area contributed by atoms with Crippen LogP contribution < -0.4 is 0 Å². The van der Waals surface area contributed by atoms with Crippen LogP contribution in [0.15, 0.2) is 12.3 Å². The Morgan fingerprint density at radius 1 is 1.33 bits per heavy atom. The van der Waals surface area contributed by atoms with E-state index in [0.717, 1.165) is 13.1 Å². The summed E-state index contributed by atoms with van der Waals surface area (Å²) in [6.45, 7) is 2.82. The number of nitro groups is 1. The topological polar surface area (TPSA) is 79.6 Å². The summed E-state index contributed by atoms with van der Waals surface area (Å²) in [6, 6.07) is 2.03. The van der Waals surface area contributed by atoms with Crippen molar-refractivity contribution in [3.05, 3.63) is 33.1 Å². The average Bonchev–Trinajstić information content (AvgIpc) is 3.30. The van der Waals surface area contributed by atoms with Gasteiger partial charge in [-0.2, -0.15) is 0 Å². The molecule has 7 nitrogen and oxygen atoms in total. The van der Waals surface area contributed by atoms with Crippen molar-refractivity contribution in [3.8, 4) is 0 Å². The van der Waals surface area contributed by atoms with Gasteiger partial charge in [0, 0.05) is 38.4 Å².